The van der Waals surface area contributed by atoms with E-state index in [4.69, 9.17) is 23.7 Å². The molecule has 1 aliphatic carbocycles. The molecule has 0 N–H and O–H groups in total. The largest absolute Gasteiger partial charge is 0.487 e. The van der Waals surface area contributed by atoms with E-state index in [1.807, 2.05) is 6.07 Å². The number of benzene rings is 1. The second-order valence-electron chi connectivity index (χ2n) is 7.48. The molecule has 1 aromatic rings. The van der Waals surface area contributed by atoms with Crippen LogP contribution in [0.5, 0.6) is 11.5 Å². The molecular formula is C20H27NO5. The van der Waals surface area contributed by atoms with Gasteiger partial charge in [-0.3, -0.25) is 0 Å². The van der Waals surface area contributed by atoms with Gasteiger partial charge in [0.15, 0.2) is 6.79 Å². The lowest BCUT2D eigenvalue weighted by atomic mass is 9.66. The molecule has 3 rings (SSSR count). The zero-order valence-electron chi connectivity index (χ0n) is 15.9. The van der Waals surface area contributed by atoms with Crippen LogP contribution in [0.1, 0.15) is 50.2 Å². The average Bonchev–Trinajstić information content (AvgIpc) is 2.63. The molecule has 0 amide bonds. The summed E-state index contributed by atoms with van der Waals surface area (Å²) in [5.41, 5.74) is 1.24. The van der Waals surface area contributed by atoms with Gasteiger partial charge in [-0.2, -0.15) is 5.26 Å². The maximum atomic E-state index is 9.36. The van der Waals surface area contributed by atoms with E-state index in [9.17, 15) is 5.26 Å². The zero-order valence-corrected chi connectivity index (χ0v) is 15.9. The first-order valence-corrected chi connectivity index (χ1v) is 8.99. The van der Waals surface area contributed by atoms with Gasteiger partial charge in [0.05, 0.1) is 17.7 Å². The van der Waals surface area contributed by atoms with Crippen LogP contribution in [0, 0.1) is 17.2 Å². The summed E-state index contributed by atoms with van der Waals surface area (Å²) in [5, 5.41) is 9.36. The van der Waals surface area contributed by atoms with Crippen molar-refractivity contribution in [1.29, 1.82) is 5.26 Å². The fraction of sp³-hybridized carbons (Fsp3) is 0.650. The second-order valence-corrected chi connectivity index (χ2v) is 7.48. The lowest BCUT2D eigenvalue weighted by Crippen LogP contribution is -2.48. The topological polar surface area (TPSA) is 69.9 Å². The molecule has 0 radical (unpaired) electrons. The average molecular weight is 361 g/mol. The van der Waals surface area contributed by atoms with Crippen LogP contribution < -0.4 is 9.47 Å². The summed E-state index contributed by atoms with van der Waals surface area (Å²) in [5.74, 6) is 1.99. The van der Waals surface area contributed by atoms with E-state index in [-0.39, 0.29) is 24.4 Å². The van der Waals surface area contributed by atoms with Crippen LogP contribution >= 0.6 is 0 Å². The third-order valence-corrected chi connectivity index (χ3v) is 5.43. The standard InChI is InChI=1S/C20H27NO5/c1-20(2)16-6-5-14(24-11-22-3)9-15(16)19-17(25-12-23-4)7-13(10-21)8-18(19)26-20/h7-8,14-16H,5-6,9,11-12H2,1-4H3/t14-,15-,16-/m1/s1. The van der Waals surface area contributed by atoms with Crippen molar-refractivity contribution in [2.75, 3.05) is 27.8 Å². The minimum absolute atomic E-state index is 0.131. The number of fused-ring (bicyclic) bond motifs is 3. The molecule has 1 saturated carbocycles. The van der Waals surface area contributed by atoms with Gasteiger partial charge >= 0.3 is 0 Å². The quantitative estimate of drug-likeness (QED) is 0.721. The van der Waals surface area contributed by atoms with Gasteiger partial charge in [0.25, 0.3) is 0 Å². The Kier molecular flexibility index (Phi) is 5.71. The monoisotopic (exact) mass is 361 g/mol. The first-order chi connectivity index (χ1) is 12.5. The van der Waals surface area contributed by atoms with E-state index in [2.05, 4.69) is 19.9 Å². The van der Waals surface area contributed by atoms with Crippen LogP contribution in [-0.2, 0) is 14.2 Å². The lowest BCUT2D eigenvalue weighted by Gasteiger charge is -2.49. The fourth-order valence-electron chi connectivity index (χ4n) is 4.32. The van der Waals surface area contributed by atoms with E-state index >= 15 is 0 Å². The van der Waals surface area contributed by atoms with Crippen molar-refractivity contribution in [3.63, 3.8) is 0 Å². The summed E-state index contributed by atoms with van der Waals surface area (Å²) >= 11 is 0. The molecule has 26 heavy (non-hydrogen) atoms. The first kappa shape index (κ1) is 19.0. The summed E-state index contributed by atoms with van der Waals surface area (Å²) in [4.78, 5) is 0. The Bertz CT molecular complexity index is 682. The van der Waals surface area contributed by atoms with Crippen molar-refractivity contribution in [3.8, 4) is 17.6 Å². The Labute approximate surface area is 154 Å². The van der Waals surface area contributed by atoms with Crippen molar-refractivity contribution in [2.45, 2.75) is 50.7 Å². The Balaban J connectivity index is 2.00. The fourth-order valence-corrected chi connectivity index (χ4v) is 4.32. The van der Waals surface area contributed by atoms with Crippen molar-refractivity contribution in [1.82, 2.24) is 0 Å². The van der Waals surface area contributed by atoms with Crippen LogP contribution in [0.2, 0.25) is 0 Å². The third-order valence-electron chi connectivity index (χ3n) is 5.43. The van der Waals surface area contributed by atoms with Gasteiger partial charge in [0.1, 0.15) is 23.9 Å². The number of nitrogens with zero attached hydrogens (tertiary/aromatic N) is 1. The minimum Gasteiger partial charge on any atom is -0.487 e. The summed E-state index contributed by atoms with van der Waals surface area (Å²) in [7, 11) is 3.22. The molecular weight excluding hydrogens is 334 g/mol. The smallest absolute Gasteiger partial charge is 0.188 e. The van der Waals surface area contributed by atoms with Crippen molar-refractivity contribution in [3.05, 3.63) is 23.3 Å². The molecule has 6 nitrogen and oxygen atoms in total. The summed E-state index contributed by atoms with van der Waals surface area (Å²) in [6.07, 6.45) is 3.01. The van der Waals surface area contributed by atoms with Gasteiger partial charge in [0.2, 0.25) is 0 Å². The van der Waals surface area contributed by atoms with Crippen LogP contribution in [0.3, 0.4) is 0 Å². The Morgan fingerprint density at radius 3 is 2.65 bits per heavy atom. The predicted octanol–water partition coefficient (Wildman–Crippen LogP) is 3.58. The summed E-state index contributed by atoms with van der Waals surface area (Å²) < 4.78 is 28.1. The molecule has 0 bridgehead atoms. The Hall–Kier alpha value is -1.81. The highest BCUT2D eigenvalue weighted by Crippen LogP contribution is 2.55. The van der Waals surface area contributed by atoms with Crippen LogP contribution in [0.15, 0.2) is 12.1 Å². The van der Waals surface area contributed by atoms with Crippen LogP contribution in [0.25, 0.3) is 0 Å². The molecule has 3 atom stereocenters. The number of rotatable bonds is 6. The first-order valence-electron chi connectivity index (χ1n) is 8.99. The Morgan fingerprint density at radius 1 is 1.19 bits per heavy atom. The summed E-state index contributed by atoms with van der Waals surface area (Å²) in [6.45, 7) is 4.68. The molecule has 2 aliphatic rings. The molecule has 0 unspecified atom stereocenters. The van der Waals surface area contributed by atoms with E-state index < -0.39 is 0 Å². The number of hydrogen-bond donors (Lipinski definition) is 0. The van der Waals surface area contributed by atoms with Gasteiger partial charge in [-0.05, 0) is 45.2 Å². The van der Waals surface area contributed by atoms with Crippen LogP contribution in [-0.4, -0.2) is 39.5 Å². The van der Waals surface area contributed by atoms with Crippen molar-refractivity contribution in [2.24, 2.45) is 5.92 Å². The molecule has 1 fully saturated rings. The molecule has 1 aliphatic heterocycles. The zero-order chi connectivity index (χ0) is 18.7. The molecule has 6 heteroatoms. The highest BCUT2D eigenvalue weighted by molar-refractivity contribution is 5.55. The maximum Gasteiger partial charge on any atom is 0.188 e. The number of nitriles is 1. The Morgan fingerprint density at radius 2 is 1.96 bits per heavy atom. The van der Waals surface area contributed by atoms with Crippen molar-refractivity contribution >= 4 is 0 Å². The van der Waals surface area contributed by atoms with Gasteiger partial charge in [-0.25, -0.2) is 0 Å². The number of hydrogen-bond acceptors (Lipinski definition) is 6. The SMILES string of the molecule is COCOc1cc(C#N)cc2c1[C@@H]1C[C@H](OCOC)CC[C@H]1C(C)(C)O2. The van der Waals surface area contributed by atoms with E-state index in [0.717, 1.165) is 30.6 Å². The molecule has 1 aromatic carbocycles. The number of methoxy groups -OCH3 is 2. The highest BCUT2D eigenvalue weighted by atomic mass is 16.7. The molecule has 142 valence electrons. The van der Waals surface area contributed by atoms with E-state index in [0.29, 0.717) is 24.0 Å². The normalized spacial score (nSPS) is 26.2. The van der Waals surface area contributed by atoms with Gasteiger partial charge in [-0.1, -0.05) is 0 Å². The van der Waals surface area contributed by atoms with E-state index in [1.54, 1.807) is 20.3 Å². The number of ether oxygens (including phenoxy) is 5. The van der Waals surface area contributed by atoms with E-state index in [1.165, 1.54) is 0 Å². The molecule has 1 heterocycles. The third kappa shape index (κ3) is 3.66. The second kappa shape index (κ2) is 7.83. The summed E-state index contributed by atoms with van der Waals surface area (Å²) in [6, 6.07) is 5.77. The van der Waals surface area contributed by atoms with Gasteiger partial charge < -0.3 is 23.7 Å². The van der Waals surface area contributed by atoms with Gasteiger partial charge in [0, 0.05) is 31.6 Å². The minimum atomic E-state index is -0.309. The lowest BCUT2D eigenvalue weighted by molar-refractivity contribution is -0.105. The molecule has 0 saturated heterocycles. The van der Waals surface area contributed by atoms with Gasteiger partial charge in [-0.15, -0.1) is 0 Å². The maximum absolute atomic E-state index is 9.36. The van der Waals surface area contributed by atoms with Crippen LogP contribution in [0.4, 0.5) is 0 Å². The predicted molar refractivity (Wildman–Crippen MR) is 95.2 cm³/mol. The molecule has 0 spiro atoms. The van der Waals surface area contributed by atoms with Crippen molar-refractivity contribution < 1.29 is 23.7 Å². The highest BCUT2D eigenvalue weighted by Gasteiger charge is 2.48. The molecule has 0 aromatic heterocycles.